The molecule has 0 aromatic heterocycles. The van der Waals surface area contributed by atoms with Gasteiger partial charge < -0.3 is 10.6 Å². The van der Waals surface area contributed by atoms with Crippen molar-refractivity contribution in [1.82, 2.24) is 10.6 Å². The molecule has 0 radical (unpaired) electrons. The van der Waals surface area contributed by atoms with Gasteiger partial charge in [0.2, 0.25) is 0 Å². The first kappa shape index (κ1) is 15.3. The predicted octanol–water partition coefficient (Wildman–Crippen LogP) is 2.92. The fourth-order valence-electron chi connectivity index (χ4n) is 1.48. The third kappa shape index (κ3) is 9.81. The molecule has 0 rings (SSSR count). The molecule has 0 aliphatic rings. The van der Waals surface area contributed by atoms with Gasteiger partial charge in [0.25, 0.3) is 0 Å². The Morgan fingerprint density at radius 1 is 0.875 bits per heavy atom. The van der Waals surface area contributed by atoms with Gasteiger partial charge in [0.15, 0.2) is 5.96 Å². The summed E-state index contributed by atoms with van der Waals surface area (Å²) in [5, 5.41) is 6.65. The van der Waals surface area contributed by atoms with Gasteiger partial charge in [-0.05, 0) is 19.8 Å². The number of nitrogens with zero attached hydrogens (tertiary/aromatic N) is 1. The van der Waals surface area contributed by atoms with Gasteiger partial charge in [0.1, 0.15) is 0 Å². The van der Waals surface area contributed by atoms with Crippen LogP contribution in [0.25, 0.3) is 0 Å². The number of hydrogen-bond acceptors (Lipinski definition) is 1. The van der Waals surface area contributed by atoms with Crippen molar-refractivity contribution in [3.63, 3.8) is 0 Å². The van der Waals surface area contributed by atoms with E-state index in [-0.39, 0.29) is 0 Å². The molecule has 0 aliphatic carbocycles. The van der Waals surface area contributed by atoms with E-state index in [0.29, 0.717) is 0 Å². The average molecular weight is 227 g/mol. The zero-order valence-electron chi connectivity index (χ0n) is 11.3. The summed E-state index contributed by atoms with van der Waals surface area (Å²) in [6.45, 7) is 9.47. The van der Waals surface area contributed by atoms with E-state index < -0.39 is 0 Å². The largest absolute Gasteiger partial charge is 0.357 e. The Hall–Kier alpha value is -0.730. The van der Waals surface area contributed by atoms with Gasteiger partial charge in [0, 0.05) is 19.6 Å². The Morgan fingerprint density at radius 3 is 2.19 bits per heavy atom. The first-order chi connectivity index (χ1) is 7.85. The SMILES string of the molecule is CCCCCN=C(NCC)NCCCCC. The van der Waals surface area contributed by atoms with E-state index in [1.165, 1.54) is 38.5 Å². The van der Waals surface area contributed by atoms with Gasteiger partial charge in [-0.15, -0.1) is 0 Å². The highest BCUT2D eigenvalue weighted by atomic mass is 15.2. The zero-order valence-corrected chi connectivity index (χ0v) is 11.3. The van der Waals surface area contributed by atoms with Crippen LogP contribution in [0.2, 0.25) is 0 Å². The molecular weight excluding hydrogens is 198 g/mol. The van der Waals surface area contributed by atoms with Crippen LogP contribution in [0, 0.1) is 0 Å². The summed E-state index contributed by atoms with van der Waals surface area (Å²) in [5.41, 5.74) is 0. The Morgan fingerprint density at radius 2 is 1.56 bits per heavy atom. The fourth-order valence-corrected chi connectivity index (χ4v) is 1.48. The van der Waals surface area contributed by atoms with E-state index in [1.807, 2.05) is 0 Å². The summed E-state index contributed by atoms with van der Waals surface area (Å²) in [6, 6.07) is 0. The summed E-state index contributed by atoms with van der Waals surface area (Å²) in [7, 11) is 0. The minimum absolute atomic E-state index is 0.938. The second kappa shape index (κ2) is 12.3. The molecular formula is C13H29N3. The average Bonchev–Trinajstić information content (AvgIpc) is 2.30. The van der Waals surface area contributed by atoms with Crippen molar-refractivity contribution in [1.29, 1.82) is 0 Å². The quantitative estimate of drug-likeness (QED) is 0.361. The van der Waals surface area contributed by atoms with E-state index in [1.54, 1.807) is 0 Å². The van der Waals surface area contributed by atoms with Crippen LogP contribution >= 0.6 is 0 Å². The van der Waals surface area contributed by atoms with Crippen molar-refractivity contribution in [2.45, 2.75) is 59.3 Å². The molecule has 0 bridgehead atoms. The van der Waals surface area contributed by atoms with Crippen molar-refractivity contribution in [2.24, 2.45) is 4.99 Å². The van der Waals surface area contributed by atoms with E-state index in [9.17, 15) is 0 Å². The maximum Gasteiger partial charge on any atom is 0.191 e. The lowest BCUT2D eigenvalue weighted by Gasteiger charge is -2.10. The number of hydrogen-bond donors (Lipinski definition) is 2. The van der Waals surface area contributed by atoms with Crippen LogP contribution < -0.4 is 10.6 Å². The van der Waals surface area contributed by atoms with Crippen molar-refractivity contribution in [3.8, 4) is 0 Å². The Bertz CT molecular complexity index is 167. The zero-order chi connectivity index (χ0) is 12.1. The van der Waals surface area contributed by atoms with Gasteiger partial charge in [-0.3, -0.25) is 4.99 Å². The molecule has 0 aliphatic heterocycles. The highest BCUT2D eigenvalue weighted by Gasteiger charge is 1.95. The molecule has 3 heteroatoms. The van der Waals surface area contributed by atoms with Crippen LogP contribution in [0.15, 0.2) is 4.99 Å². The first-order valence-electron chi connectivity index (χ1n) is 6.87. The molecule has 0 amide bonds. The number of aliphatic imine (C=N–C) groups is 1. The summed E-state index contributed by atoms with van der Waals surface area (Å²) in [5.74, 6) is 0.981. The first-order valence-corrected chi connectivity index (χ1v) is 6.87. The van der Waals surface area contributed by atoms with Crippen molar-refractivity contribution in [2.75, 3.05) is 19.6 Å². The molecule has 0 saturated heterocycles. The number of nitrogens with one attached hydrogen (secondary N) is 2. The Kier molecular flexibility index (Phi) is 11.8. The molecule has 0 spiro atoms. The smallest absolute Gasteiger partial charge is 0.191 e. The Labute approximate surface area is 101 Å². The van der Waals surface area contributed by atoms with Crippen LogP contribution in [-0.2, 0) is 0 Å². The number of rotatable bonds is 9. The maximum atomic E-state index is 4.54. The number of guanidine groups is 1. The molecule has 0 atom stereocenters. The van der Waals surface area contributed by atoms with Crippen LogP contribution in [0.4, 0.5) is 0 Å². The van der Waals surface area contributed by atoms with Crippen molar-refractivity contribution < 1.29 is 0 Å². The predicted molar refractivity (Wildman–Crippen MR) is 73.0 cm³/mol. The summed E-state index contributed by atoms with van der Waals surface area (Å²) in [4.78, 5) is 4.54. The lowest BCUT2D eigenvalue weighted by Crippen LogP contribution is -2.37. The van der Waals surface area contributed by atoms with E-state index in [4.69, 9.17) is 0 Å². The molecule has 16 heavy (non-hydrogen) atoms. The molecule has 0 saturated carbocycles. The lowest BCUT2D eigenvalue weighted by atomic mass is 10.2. The van der Waals surface area contributed by atoms with Gasteiger partial charge in [-0.2, -0.15) is 0 Å². The van der Waals surface area contributed by atoms with Crippen LogP contribution in [0.1, 0.15) is 59.3 Å². The standard InChI is InChI=1S/C13H29N3/c1-4-7-9-11-15-13(14-6-3)16-12-10-8-5-2/h4-12H2,1-3H3,(H2,14,15,16). The van der Waals surface area contributed by atoms with Gasteiger partial charge in [-0.1, -0.05) is 39.5 Å². The molecule has 0 heterocycles. The van der Waals surface area contributed by atoms with Gasteiger partial charge >= 0.3 is 0 Å². The molecule has 3 nitrogen and oxygen atoms in total. The van der Waals surface area contributed by atoms with E-state index >= 15 is 0 Å². The molecule has 96 valence electrons. The fraction of sp³-hybridized carbons (Fsp3) is 0.923. The summed E-state index contributed by atoms with van der Waals surface area (Å²) < 4.78 is 0. The normalized spacial score (nSPS) is 11.6. The van der Waals surface area contributed by atoms with Gasteiger partial charge in [-0.25, -0.2) is 0 Å². The van der Waals surface area contributed by atoms with E-state index in [2.05, 4.69) is 36.4 Å². The third-order valence-corrected chi connectivity index (χ3v) is 2.45. The Balaban J connectivity index is 3.67. The minimum atomic E-state index is 0.938. The highest BCUT2D eigenvalue weighted by Crippen LogP contribution is 1.94. The molecule has 0 aromatic carbocycles. The van der Waals surface area contributed by atoms with Gasteiger partial charge in [0.05, 0.1) is 0 Å². The monoisotopic (exact) mass is 227 g/mol. The molecule has 0 unspecified atom stereocenters. The topological polar surface area (TPSA) is 36.4 Å². The molecule has 2 N–H and O–H groups in total. The third-order valence-electron chi connectivity index (χ3n) is 2.45. The second-order valence-electron chi connectivity index (χ2n) is 4.10. The van der Waals surface area contributed by atoms with Crippen LogP contribution in [0.3, 0.4) is 0 Å². The molecule has 0 fully saturated rings. The number of unbranched alkanes of at least 4 members (excludes halogenated alkanes) is 4. The van der Waals surface area contributed by atoms with Crippen LogP contribution in [0.5, 0.6) is 0 Å². The lowest BCUT2D eigenvalue weighted by molar-refractivity contribution is 0.677. The van der Waals surface area contributed by atoms with Crippen LogP contribution in [-0.4, -0.2) is 25.6 Å². The maximum absolute atomic E-state index is 4.54. The summed E-state index contributed by atoms with van der Waals surface area (Å²) >= 11 is 0. The molecule has 0 aromatic rings. The van der Waals surface area contributed by atoms with Crippen molar-refractivity contribution >= 4 is 5.96 Å². The summed E-state index contributed by atoms with van der Waals surface area (Å²) in [6.07, 6.45) is 7.53. The minimum Gasteiger partial charge on any atom is -0.357 e. The van der Waals surface area contributed by atoms with E-state index in [0.717, 1.165) is 25.6 Å². The highest BCUT2D eigenvalue weighted by molar-refractivity contribution is 5.79. The second-order valence-corrected chi connectivity index (χ2v) is 4.10. The van der Waals surface area contributed by atoms with Crippen molar-refractivity contribution in [3.05, 3.63) is 0 Å².